The first-order valence-electron chi connectivity index (χ1n) is 20.1. The van der Waals surface area contributed by atoms with Crippen LogP contribution in [0, 0.1) is 27.9 Å². The summed E-state index contributed by atoms with van der Waals surface area (Å²) in [5, 5.41) is 47.7. The van der Waals surface area contributed by atoms with E-state index in [2.05, 4.69) is 24.6 Å². The minimum absolute atomic E-state index is 0.0304. The van der Waals surface area contributed by atoms with Gasteiger partial charge >= 0.3 is 6.03 Å². The summed E-state index contributed by atoms with van der Waals surface area (Å²) < 4.78 is 25.5. The number of rotatable bonds is 24. The Labute approximate surface area is 340 Å². The van der Waals surface area contributed by atoms with E-state index < -0.39 is 28.7 Å². The number of ether oxygens (including phenoxy) is 4. The van der Waals surface area contributed by atoms with Crippen molar-refractivity contribution < 1.29 is 48.8 Å². The number of nitrogens with zero attached hydrogens (tertiary/aromatic N) is 3. The molecule has 15 nitrogen and oxygen atoms in total. The highest BCUT2D eigenvalue weighted by Crippen LogP contribution is 2.61. The molecule has 6 atom stereocenters. The number of benzene rings is 2. The number of aliphatic hydroxyl groups is 3. The summed E-state index contributed by atoms with van der Waals surface area (Å²) in [7, 11) is 1.69. The average Bonchev–Trinajstić information content (AvgIpc) is 3.23. The van der Waals surface area contributed by atoms with Gasteiger partial charge in [0.05, 0.1) is 43.0 Å². The topological polar surface area (TPSA) is 195 Å². The number of nitro benzene ring substituents is 1. The van der Waals surface area contributed by atoms with Crippen LogP contribution < -0.4 is 14.8 Å². The van der Waals surface area contributed by atoms with Gasteiger partial charge in [-0.2, -0.15) is 0 Å². The first-order valence-corrected chi connectivity index (χ1v) is 20.1. The highest BCUT2D eigenvalue weighted by molar-refractivity contribution is 6.03. The Morgan fingerprint density at radius 1 is 1.03 bits per heavy atom. The fourth-order valence-corrected chi connectivity index (χ4v) is 8.53. The van der Waals surface area contributed by atoms with Gasteiger partial charge in [-0.1, -0.05) is 42.8 Å². The van der Waals surface area contributed by atoms with Crippen molar-refractivity contribution in [3.63, 3.8) is 0 Å². The van der Waals surface area contributed by atoms with Crippen LogP contribution in [0.25, 0.3) is 0 Å². The molecule has 0 radical (unpaired) electrons. The molecule has 1 aliphatic heterocycles. The van der Waals surface area contributed by atoms with E-state index in [0.29, 0.717) is 42.2 Å². The number of amides is 2. The van der Waals surface area contributed by atoms with Crippen LogP contribution in [0.2, 0.25) is 0 Å². The second-order valence-electron chi connectivity index (χ2n) is 14.7. The summed E-state index contributed by atoms with van der Waals surface area (Å²) in [5.41, 5.74) is 3.07. The average molecular weight is 807 g/mol. The standard InChI is InChI=1S/C43H58N4O11/c1-4-22-55-33-16-17-38-36(27-33)40-34(11-7-9-20-49)31(10-6-8-19-48)26-35-37(45-57-29-30-12-14-32(15-13-30)47(52)53)28-39(43(58-38,41(35)40)56-23-5-2)46(3)42(51)44-18-24-54-25-21-50/h4-5,12-17,26-27,31,34,39-41,48-50H,1-2,6-11,18-25,28-29H2,3H3,(H,44,51)/t31-,34+,39-,40+,41+,43+/m0/s1. The molecule has 5 rings (SSSR count). The maximum absolute atomic E-state index is 14.0. The van der Waals surface area contributed by atoms with Gasteiger partial charge in [0, 0.05) is 56.8 Å². The number of carbonyl (C=O) groups is 1. The maximum Gasteiger partial charge on any atom is 0.317 e. The Hall–Kier alpha value is -4.80. The Kier molecular flexibility index (Phi) is 16.7. The Morgan fingerprint density at radius 3 is 2.47 bits per heavy atom. The lowest BCUT2D eigenvalue weighted by molar-refractivity contribution is -0.384. The summed E-state index contributed by atoms with van der Waals surface area (Å²) in [6, 6.07) is 10.7. The Bertz CT molecular complexity index is 1750. The summed E-state index contributed by atoms with van der Waals surface area (Å²) >= 11 is 0. The zero-order valence-corrected chi connectivity index (χ0v) is 33.3. The molecule has 1 saturated carbocycles. The molecule has 2 amide bonds. The predicted molar refractivity (Wildman–Crippen MR) is 218 cm³/mol. The van der Waals surface area contributed by atoms with E-state index in [1.165, 1.54) is 12.1 Å². The molecule has 1 fully saturated rings. The molecular formula is C43H58N4O11. The van der Waals surface area contributed by atoms with Gasteiger partial charge in [0.25, 0.3) is 5.69 Å². The SMILES string of the molecule is C=CCOc1ccc2c(c1)[C@H]1[C@H](CCCCO)[C@@H](CCCCO)C=C3C(=NOCc4ccc([N+](=O)[O-])cc4)C[C@H](N(C)C(=O)NCCOCCO)[C@@](OCC=C)(O2)[C@H]31. The van der Waals surface area contributed by atoms with Crippen molar-refractivity contribution in [3.05, 3.63) is 101 Å². The molecule has 58 heavy (non-hydrogen) atoms. The predicted octanol–water partition coefficient (Wildman–Crippen LogP) is 5.64. The van der Waals surface area contributed by atoms with E-state index in [-0.39, 0.29) is 82.7 Å². The van der Waals surface area contributed by atoms with Gasteiger partial charge in [-0.25, -0.2) is 4.79 Å². The zero-order valence-electron chi connectivity index (χ0n) is 33.3. The Balaban J connectivity index is 1.67. The van der Waals surface area contributed by atoms with Crippen molar-refractivity contribution in [1.29, 1.82) is 0 Å². The van der Waals surface area contributed by atoms with Crippen molar-refractivity contribution in [3.8, 4) is 11.5 Å². The summed E-state index contributed by atoms with van der Waals surface area (Å²) in [6.45, 7) is 8.81. The smallest absolute Gasteiger partial charge is 0.317 e. The van der Waals surface area contributed by atoms with Crippen molar-refractivity contribution in [2.24, 2.45) is 22.9 Å². The number of hydrogen-bond donors (Lipinski definition) is 4. The lowest BCUT2D eigenvalue weighted by Gasteiger charge is -2.59. The molecule has 2 aromatic rings. The van der Waals surface area contributed by atoms with Crippen molar-refractivity contribution in [1.82, 2.24) is 10.2 Å². The molecule has 15 heteroatoms. The monoisotopic (exact) mass is 806 g/mol. The van der Waals surface area contributed by atoms with Crippen LogP contribution in [-0.2, 0) is 20.9 Å². The Morgan fingerprint density at radius 2 is 1.78 bits per heavy atom. The molecule has 0 bridgehead atoms. The van der Waals surface area contributed by atoms with E-state index in [4.69, 9.17) is 34.0 Å². The van der Waals surface area contributed by atoms with Crippen LogP contribution in [0.4, 0.5) is 10.5 Å². The molecule has 1 heterocycles. The largest absolute Gasteiger partial charge is 0.490 e. The molecule has 2 aliphatic carbocycles. The van der Waals surface area contributed by atoms with Crippen LogP contribution in [0.3, 0.4) is 0 Å². The first kappa shape index (κ1) is 44.3. The highest BCUT2D eigenvalue weighted by Gasteiger charge is 2.65. The molecule has 4 N–H and O–H groups in total. The molecule has 316 valence electrons. The van der Waals surface area contributed by atoms with Crippen LogP contribution in [0.15, 0.2) is 84.6 Å². The summed E-state index contributed by atoms with van der Waals surface area (Å²) in [5.74, 6) is -0.841. The van der Waals surface area contributed by atoms with Crippen LogP contribution in [-0.4, -0.2) is 109 Å². The van der Waals surface area contributed by atoms with Gasteiger partial charge < -0.3 is 49.3 Å². The fraction of sp³-hybridized carbons (Fsp3) is 0.535. The third kappa shape index (κ3) is 10.4. The van der Waals surface area contributed by atoms with Gasteiger partial charge in [-0.05, 0) is 79.0 Å². The number of allylic oxidation sites excluding steroid dienone is 1. The number of oxime groups is 1. The molecular weight excluding hydrogens is 748 g/mol. The minimum atomic E-state index is -1.43. The molecule has 3 aliphatic rings. The third-order valence-electron chi connectivity index (χ3n) is 11.1. The van der Waals surface area contributed by atoms with E-state index >= 15 is 0 Å². The third-order valence-corrected chi connectivity index (χ3v) is 11.1. The van der Waals surface area contributed by atoms with E-state index in [9.17, 15) is 25.1 Å². The molecule has 0 unspecified atom stereocenters. The maximum atomic E-state index is 14.0. The van der Waals surface area contributed by atoms with Crippen molar-refractivity contribution in [2.45, 2.75) is 69.3 Å². The van der Waals surface area contributed by atoms with Gasteiger partial charge in [0.15, 0.2) is 0 Å². The number of nitrogens with one attached hydrogen (secondary N) is 1. The van der Waals surface area contributed by atoms with Gasteiger partial charge in [0.2, 0.25) is 5.79 Å². The van der Waals surface area contributed by atoms with Gasteiger partial charge in [-0.15, -0.1) is 6.58 Å². The lowest BCUT2D eigenvalue weighted by atomic mass is 9.55. The number of aliphatic hydroxyl groups excluding tert-OH is 3. The molecule has 0 saturated heterocycles. The second-order valence-corrected chi connectivity index (χ2v) is 14.7. The molecule has 0 aromatic heterocycles. The normalized spacial score (nSPS) is 23.8. The minimum Gasteiger partial charge on any atom is -0.490 e. The van der Waals surface area contributed by atoms with Crippen molar-refractivity contribution in [2.75, 3.05) is 59.8 Å². The van der Waals surface area contributed by atoms with E-state index in [0.717, 1.165) is 36.8 Å². The molecule has 0 spiro atoms. The van der Waals surface area contributed by atoms with E-state index in [1.807, 2.05) is 18.2 Å². The lowest BCUT2D eigenvalue weighted by Crippen LogP contribution is -2.70. The van der Waals surface area contributed by atoms with Gasteiger partial charge in [-0.3, -0.25) is 10.1 Å². The number of urea groups is 1. The highest BCUT2D eigenvalue weighted by atomic mass is 16.7. The molecule has 2 aromatic carbocycles. The fourth-order valence-electron chi connectivity index (χ4n) is 8.53. The van der Waals surface area contributed by atoms with Gasteiger partial charge in [0.1, 0.15) is 30.8 Å². The number of hydrogen-bond acceptors (Lipinski definition) is 12. The number of fused-ring (bicyclic) bond motifs is 2. The first-order chi connectivity index (χ1) is 28.2. The summed E-state index contributed by atoms with van der Waals surface area (Å²) in [6.07, 6.45) is 10.2. The number of carbonyl (C=O) groups excluding carboxylic acids is 1. The number of likely N-dealkylation sites (N-methyl/N-ethyl adjacent to an activating group) is 1. The van der Waals surface area contributed by atoms with Crippen molar-refractivity contribution >= 4 is 17.4 Å². The number of unbranched alkanes of at least 4 members (excludes halogenated alkanes) is 2. The number of nitro groups is 1. The van der Waals surface area contributed by atoms with Crippen LogP contribution in [0.1, 0.15) is 62.0 Å². The quantitative estimate of drug-likeness (QED) is 0.0444. The van der Waals surface area contributed by atoms with E-state index in [1.54, 1.807) is 36.2 Å². The van der Waals surface area contributed by atoms with Crippen LogP contribution >= 0.6 is 0 Å². The number of non-ortho nitro benzene ring substituents is 1. The summed E-state index contributed by atoms with van der Waals surface area (Å²) in [4.78, 5) is 32.4. The zero-order chi connectivity index (χ0) is 41.5. The van der Waals surface area contributed by atoms with Crippen LogP contribution in [0.5, 0.6) is 11.5 Å². The second kappa shape index (κ2) is 21.8.